The van der Waals surface area contributed by atoms with Gasteiger partial charge in [0.15, 0.2) is 5.82 Å². The Kier molecular flexibility index (Phi) is 4.40. The molecule has 18 heavy (non-hydrogen) atoms. The molecule has 96 valence electrons. The number of anilines is 1. The van der Waals surface area contributed by atoms with Gasteiger partial charge in [0, 0.05) is 15.9 Å². The van der Waals surface area contributed by atoms with E-state index in [0.29, 0.717) is 0 Å². The highest BCUT2D eigenvalue weighted by atomic mass is 79.9. The van der Waals surface area contributed by atoms with Crippen LogP contribution in [0.2, 0.25) is 0 Å². The summed E-state index contributed by atoms with van der Waals surface area (Å²) < 4.78 is 2.04. The maximum atomic E-state index is 4.57. The van der Waals surface area contributed by atoms with E-state index in [4.69, 9.17) is 0 Å². The smallest absolute Gasteiger partial charge is 0.171 e. The van der Waals surface area contributed by atoms with Crippen LogP contribution in [0.15, 0.2) is 15.0 Å². The second-order valence-electron chi connectivity index (χ2n) is 3.84. The summed E-state index contributed by atoms with van der Waals surface area (Å²) in [5.41, 5.74) is 0.943. The molecule has 0 fully saturated rings. The minimum atomic E-state index is 0.769. The lowest BCUT2D eigenvalue weighted by Crippen LogP contribution is -2.04. The minimum absolute atomic E-state index is 0.769. The highest BCUT2D eigenvalue weighted by Crippen LogP contribution is 2.34. The van der Waals surface area contributed by atoms with Gasteiger partial charge < -0.3 is 5.32 Å². The second-order valence-corrected chi connectivity index (χ2v) is 6.74. The van der Waals surface area contributed by atoms with Crippen LogP contribution in [-0.2, 0) is 0 Å². The maximum absolute atomic E-state index is 4.57. The average molecular weight is 391 g/mol. The summed E-state index contributed by atoms with van der Waals surface area (Å²) in [5, 5.41) is 3.24. The van der Waals surface area contributed by atoms with E-state index in [0.717, 1.165) is 37.7 Å². The molecule has 1 N–H and O–H groups in total. The lowest BCUT2D eigenvalue weighted by Gasteiger charge is -2.08. The Hall–Kier alpha value is -0.460. The molecule has 0 aromatic carbocycles. The van der Waals surface area contributed by atoms with E-state index in [9.17, 15) is 0 Å². The summed E-state index contributed by atoms with van der Waals surface area (Å²) in [6.45, 7) is 6.94. The minimum Gasteiger partial charge on any atom is -0.369 e. The zero-order valence-electron chi connectivity index (χ0n) is 10.3. The summed E-state index contributed by atoms with van der Waals surface area (Å²) in [6, 6.07) is 2.07. The standard InChI is InChI=1S/C12H13Br2N3S/c1-4-15-12-10(14)6(2)16-11(17-12)9-5-8(13)7(3)18-9/h5H,4H2,1-3H3,(H,15,16,17). The van der Waals surface area contributed by atoms with Crippen molar-refractivity contribution in [1.29, 1.82) is 0 Å². The van der Waals surface area contributed by atoms with Crippen LogP contribution in [0.3, 0.4) is 0 Å². The molecule has 0 unspecified atom stereocenters. The first-order valence-corrected chi connectivity index (χ1v) is 7.97. The molecule has 2 aromatic rings. The second kappa shape index (κ2) is 5.67. The lowest BCUT2D eigenvalue weighted by molar-refractivity contribution is 1.07. The molecule has 0 aliphatic rings. The third-order valence-electron chi connectivity index (χ3n) is 2.44. The predicted molar refractivity (Wildman–Crippen MR) is 84.4 cm³/mol. The molecule has 0 radical (unpaired) electrons. The Morgan fingerprint density at radius 1 is 1.28 bits per heavy atom. The molecular formula is C12H13Br2N3S. The third kappa shape index (κ3) is 2.75. The molecule has 0 amide bonds. The summed E-state index contributed by atoms with van der Waals surface area (Å²) in [4.78, 5) is 11.4. The number of hydrogen-bond donors (Lipinski definition) is 1. The van der Waals surface area contributed by atoms with E-state index in [1.165, 1.54) is 4.88 Å². The van der Waals surface area contributed by atoms with Gasteiger partial charge in [0.05, 0.1) is 15.0 Å². The van der Waals surface area contributed by atoms with E-state index in [1.807, 2.05) is 6.92 Å². The van der Waals surface area contributed by atoms with Crippen molar-refractivity contribution in [3.8, 4) is 10.7 Å². The van der Waals surface area contributed by atoms with Crippen molar-refractivity contribution < 1.29 is 0 Å². The van der Waals surface area contributed by atoms with E-state index < -0.39 is 0 Å². The number of aryl methyl sites for hydroxylation is 2. The van der Waals surface area contributed by atoms with Crippen LogP contribution in [0.4, 0.5) is 5.82 Å². The van der Waals surface area contributed by atoms with Gasteiger partial charge in [0.25, 0.3) is 0 Å². The first-order chi connectivity index (χ1) is 8.52. The zero-order valence-corrected chi connectivity index (χ0v) is 14.3. The van der Waals surface area contributed by atoms with Crippen LogP contribution in [0.1, 0.15) is 17.5 Å². The monoisotopic (exact) mass is 389 g/mol. The number of nitrogens with one attached hydrogen (secondary N) is 1. The molecule has 0 spiro atoms. The molecule has 0 bridgehead atoms. The van der Waals surface area contributed by atoms with Gasteiger partial charge in [-0.15, -0.1) is 11.3 Å². The Morgan fingerprint density at radius 2 is 2.00 bits per heavy atom. The van der Waals surface area contributed by atoms with Crippen molar-refractivity contribution in [2.24, 2.45) is 0 Å². The Morgan fingerprint density at radius 3 is 2.56 bits per heavy atom. The first kappa shape index (κ1) is 14.0. The van der Waals surface area contributed by atoms with Gasteiger partial charge in [-0.05, 0) is 58.7 Å². The van der Waals surface area contributed by atoms with Gasteiger partial charge in [-0.25, -0.2) is 9.97 Å². The number of hydrogen-bond acceptors (Lipinski definition) is 4. The Balaban J connectivity index is 2.51. The molecule has 0 saturated heterocycles. The van der Waals surface area contributed by atoms with Crippen molar-refractivity contribution in [2.45, 2.75) is 20.8 Å². The molecule has 0 aliphatic carbocycles. The van der Waals surface area contributed by atoms with Crippen LogP contribution < -0.4 is 5.32 Å². The molecule has 2 rings (SSSR count). The SMILES string of the molecule is CCNc1nc(-c2cc(Br)c(C)s2)nc(C)c1Br. The summed E-state index contributed by atoms with van der Waals surface area (Å²) >= 11 is 8.73. The Labute approximate surface area is 127 Å². The van der Waals surface area contributed by atoms with Crippen molar-refractivity contribution in [3.05, 3.63) is 25.6 Å². The number of aromatic nitrogens is 2. The van der Waals surface area contributed by atoms with Crippen molar-refractivity contribution in [1.82, 2.24) is 9.97 Å². The number of rotatable bonds is 3. The lowest BCUT2D eigenvalue weighted by atomic mass is 10.3. The van der Waals surface area contributed by atoms with Crippen molar-refractivity contribution in [2.75, 3.05) is 11.9 Å². The third-order valence-corrected chi connectivity index (χ3v) is 5.52. The number of thiophene rings is 1. The van der Waals surface area contributed by atoms with Crippen LogP contribution in [0, 0.1) is 13.8 Å². The zero-order chi connectivity index (χ0) is 13.3. The van der Waals surface area contributed by atoms with Gasteiger partial charge in [0.1, 0.15) is 5.82 Å². The summed E-state index contributed by atoms with van der Waals surface area (Å²) in [7, 11) is 0. The van der Waals surface area contributed by atoms with Crippen LogP contribution >= 0.6 is 43.2 Å². The van der Waals surface area contributed by atoms with E-state index in [2.05, 4.69) is 67.1 Å². The molecule has 3 nitrogen and oxygen atoms in total. The molecule has 0 saturated carbocycles. The van der Waals surface area contributed by atoms with Crippen LogP contribution in [0.5, 0.6) is 0 Å². The van der Waals surface area contributed by atoms with Gasteiger partial charge in [-0.3, -0.25) is 0 Å². The van der Waals surface area contributed by atoms with E-state index >= 15 is 0 Å². The fraction of sp³-hybridized carbons (Fsp3) is 0.333. The fourth-order valence-electron chi connectivity index (χ4n) is 1.52. The topological polar surface area (TPSA) is 37.8 Å². The van der Waals surface area contributed by atoms with Gasteiger partial charge in [-0.1, -0.05) is 0 Å². The average Bonchev–Trinajstić information content (AvgIpc) is 2.65. The Bertz CT molecular complexity index is 561. The summed E-state index contributed by atoms with van der Waals surface area (Å²) in [6.07, 6.45) is 0. The van der Waals surface area contributed by atoms with Crippen molar-refractivity contribution in [3.63, 3.8) is 0 Å². The quantitative estimate of drug-likeness (QED) is 0.819. The molecular weight excluding hydrogens is 378 g/mol. The first-order valence-electron chi connectivity index (χ1n) is 5.57. The van der Waals surface area contributed by atoms with Gasteiger partial charge in [-0.2, -0.15) is 0 Å². The van der Waals surface area contributed by atoms with Gasteiger partial charge >= 0.3 is 0 Å². The molecule has 2 aromatic heterocycles. The van der Waals surface area contributed by atoms with Gasteiger partial charge in [0.2, 0.25) is 0 Å². The highest BCUT2D eigenvalue weighted by molar-refractivity contribution is 9.11. The molecule has 6 heteroatoms. The van der Waals surface area contributed by atoms with Crippen LogP contribution in [0.25, 0.3) is 10.7 Å². The normalized spacial score (nSPS) is 10.7. The molecule has 2 heterocycles. The largest absolute Gasteiger partial charge is 0.369 e. The molecule has 0 atom stereocenters. The predicted octanol–water partition coefficient (Wildman–Crippen LogP) is 4.78. The van der Waals surface area contributed by atoms with Crippen molar-refractivity contribution >= 4 is 49.0 Å². The van der Waals surface area contributed by atoms with E-state index in [-0.39, 0.29) is 0 Å². The fourth-order valence-corrected chi connectivity index (χ4v) is 3.31. The summed E-state index contributed by atoms with van der Waals surface area (Å²) in [5.74, 6) is 1.62. The molecule has 0 aliphatic heterocycles. The number of nitrogens with zero attached hydrogens (tertiary/aromatic N) is 2. The maximum Gasteiger partial charge on any atom is 0.171 e. The van der Waals surface area contributed by atoms with E-state index in [1.54, 1.807) is 11.3 Å². The highest BCUT2D eigenvalue weighted by Gasteiger charge is 2.13. The van der Waals surface area contributed by atoms with Crippen LogP contribution in [-0.4, -0.2) is 16.5 Å². The number of halogens is 2.